The quantitative estimate of drug-likeness (QED) is 0.905. The van der Waals surface area contributed by atoms with Gasteiger partial charge in [-0.2, -0.15) is 9.40 Å². The second kappa shape index (κ2) is 6.53. The van der Waals surface area contributed by atoms with Gasteiger partial charge in [-0.05, 0) is 52.2 Å². The zero-order chi connectivity index (χ0) is 18.4. The van der Waals surface area contributed by atoms with Crippen molar-refractivity contribution < 1.29 is 12.8 Å². The molecule has 136 valence electrons. The lowest BCUT2D eigenvalue weighted by Gasteiger charge is -2.36. The Bertz CT molecular complexity index is 872. The van der Waals surface area contributed by atoms with Crippen molar-refractivity contribution in [1.82, 2.24) is 14.5 Å². The third kappa shape index (κ3) is 3.22. The number of aryl methyl sites for hydroxylation is 2. The zero-order valence-corrected chi connectivity index (χ0v) is 15.8. The first-order chi connectivity index (χ1) is 11.7. The number of hydrogen-bond acceptors (Lipinski definition) is 3. The van der Waals surface area contributed by atoms with Crippen molar-refractivity contribution in [3.8, 4) is 11.1 Å². The van der Waals surface area contributed by atoms with Gasteiger partial charge in [0.25, 0.3) is 0 Å². The topological polar surface area (TPSA) is 66.1 Å². The Kier molecular flexibility index (Phi) is 4.72. The van der Waals surface area contributed by atoms with Gasteiger partial charge in [-0.15, -0.1) is 0 Å². The van der Waals surface area contributed by atoms with Crippen LogP contribution in [0, 0.1) is 19.7 Å². The molecule has 1 aromatic carbocycles. The van der Waals surface area contributed by atoms with E-state index in [1.54, 1.807) is 13.0 Å². The van der Waals surface area contributed by atoms with E-state index in [0.717, 1.165) is 28.9 Å². The van der Waals surface area contributed by atoms with Gasteiger partial charge in [0.05, 0.1) is 10.9 Å². The van der Waals surface area contributed by atoms with Crippen LogP contribution < -0.4 is 0 Å². The van der Waals surface area contributed by atoms with Crippen LogP contribution >= 0.6 is 0 Å². The Morgan fingerprint density at radius 1 is 1.28 bits per heavy atom. The van der Waals surface area contributed by atoms with Crippen molar-refractivity contribution in [3.63, 3.8) is 0 Å². The summed E-state index contributed by atoms with van der Waals surface area (Å²) in [5.41, 5.74) is 3.72. The molecule has 0 saturated carbocycles. The van der Waals surface area contributed by atoms with Gasteiger partial charge in [0.15, 0.2) is 0 Å². The van der Waals surface area contributed by atoms with Crippen molar-refractivity contribution in [2.75, 3.05) is 0 Å². The summed E-state index contributed by atoms with van der Waals surface area (Å²) in [5.74, 6) is -0.391. The highest BCUT2D eigenvalue weighted by Gasteiger charge is 2.37. The van der Waals surface area contributed by atoms with Crippen LogP contribution in [0.4, 0.5) is 4.39 Å². The predicted octanol–water partition coefficient (Wildman–Crippen LogP) is 3.54. The predicted molar refractivity (Wildman–Crippen MR) is 96.1 cm³/mol. The molecule has 5 nitrogen and oxygen atoms in total. The molecule has 25 heavy (non-hydrogen) atoms. The molecule has 1 aliphatic rings. The third-order valence-electron chi connectivity index (χ3n) is 5.11. The molecule has 3 rings (SSSR count). The number of rotatable bonds is 3. The van der Waals surface area contributed by atoms with Crippen LogP contribution in [0.5, 0.6) is 0 Å². The van der Waals surface area contributed by atoms with Gasteiger partial charge >= 0.3 is 0 Å². The maximum absolute atomic E-state index is 14.7. The third-order valence-corrected chi connectivity index (χ3v) is 7.51. The van der Waals surface area contributed by atoms with Crippen LogP contribution in [0.1, 0.15) is 43.6 Å². The van der Waals surface area contributed by atoms with Crippen molar-refractivity contribution in [2.45, 2.75) is 58.4 Å². The fourth-order valence-corrected chi connectivity index (χ4v) is 5.29. The van der Waals surface area contributed by atoms with Crippen molar-refractivity contribution >= 4 is 10.0 Å². The SMILES string of the molecule is Cc1n[nH]c(C)c1-c1ccc(CN2[C@@H](C)CCC(C)S2(=O)=O)c(F)c1. The van der Waals surface area contributed by atoms with Crippen LogP contribution in [0.15, 0.2) is 18.2 Å². The zero-order valence-electron chi connectivity index (χ0n) is 15.0. The van der Waals surface area contributed by atoms with E-state index in [0.29, 0.717) is 12.0 Å². The van der Waals surface area contributed by atoms with E-state index < -0.39 is 21.1 Å². The van der Waals surface area contributed by atoms with Gasteiger partial charge in [-0.25, -0.2) is 12.8 Å². The van der Waals surface area contributed by atoms with Crippen molar-refractivity contribution in [3.05, 3.63) is 41.0 Å². The lowest BCUT2D eigenvalue weighted by Crippen LogP contribution is -2.47. The maximum Gasteiger partial charge on any atom is 0.217 e. The summed E-state index contributed by atoms with van der Waals surface area (Å²) in [7, 11) is -3.38. The van der Waals surface area contributed by atoms with Crippen LogP contribution in [0.3, 0.4) is 0 Å². The number of aromatic amines is 1. The van der Waals surface area contributed by atoms with Gasteiger partial charge in [0.1, 0.15) is 5.82 Å². The smallest absolute Gasteiger partial charge is 0.217 e. The molecule has 2 heterocycles. The Morgan fingerprint density at radius 3 is 2.60 bits per heavy atom. The van der Waals surface area contributed by atoms with Crippen LogP contribution in [0.2, 0.25) is 0 Å². The largest absolute Gasteiger partial charge is 0.282 e. The number of benzene rings is 1. The van der Waals surface area contributed by atoms with E-state index in [1.807, 2.05) is 26.8 Å². The Hall–Kier alpha value is -1.73. The summed E-state index contributed by atoms with van der Waals surface area (Å²) < 4.78 is 41.3. The normalized spacial score (nSPS) is 23.7. The maximum atomic E-state index is 14.7. The number of nitrogens with one attached hydrogen (secondary N) is 1. The first kappa shape index (κ1) is 18.1. The van der Waals surface area contributed by atoms with Crippen molar-refractivity contribution in [1.29, 1.82) is 0 Å². The fourth-order valence-electron chi connectivity index (χ4n) is 3.47. The van der Waals surface area contributed by atoms with Crippen molar-refractivity contribution in [2.24, 2.45) is 0 Å². The number of H-pyrrole nitrogens is 1. The molecule has 1 aliphatic heterocycles. The molecule has 0 aliphatic carbocycles. The standard InChI is InChI=1S/C18H24FN3O2S/c1-11-5-6-12(2)25(23,24)22(11)10-16-8-7-15(9-17(16)19)18-13(3)20-21-14(18)4/h7-9,11-12H,5-6,10H2,1-4H3,(H,20,21)/t11-,12?/m0/s1. The van der Waals surface area contributed by atoms with E-state index in [4.69, 9.17) is 0 Å². The first-order valence-electron chi connectivity index (χ1n) is 8.53. The summed E-state index contributed by atoms with van der Waals surface area (Å²) in [4.78, 5) is 0. The van der Waals surface area contributed by atoms with Gasteiger partial charge in [-0.1, -0.05) is 12.1 Å². The van der Waals surface area contributed by atoms with E-state index in [1.165, 1.54) is 10.4 Å². The Balaban J connectivity index is 1.92. The molecule has 1 saturated heterocycles. The monoisotopic (exact) mass is 365 g/mol. The molecule has 1 aromatic heterocycles. The number of halogens is 1. The fraction of sp³-hybridized carbons (Fsp3) is 0.500. The minimum absolute atomic E-state index is 0.0727. The van der Waals surface area contributed by atoms with E-state index in [2.05, 4.69) is 10.2 Å². The van der Waals surface area contributed by atoms with Gasteiger partial charge in [0, 0.05) is 29.4 Å². The average Bonchev–Trinajstić information content (AvgIpc) is 2.88. The summed E-state index contributed by atoms with van der Waals surface area (Å²) in [6, 6.07) is 4.86. The molecule has 1 fully saturated rings. The average molecular weight is 365 g/mol. The van der Waals surface area contributed by atoms with Crippen LogP contribution in [0.25, 0.3) is 11.1 Å². The molecular formula is C18H24FN3O2S. The lowest BCUT2D eigenvalue weighted by atomic mass is 10.0. The van der Waals surface area contributed by atoms with E-state index >= 15 is 0 Å². The van der Waals surface area contributed by atoms with Crippen LogP contribution in [-0.4, -0.2) is 34.2 Å². The highest BCUT2D eigenvalue weighted by atomic mass is 32.2. The van der Waals surface area contributed by atoms with E-state index in [9.17, 15) is 12.8 Å². The van der Waals surface area contributed by atoms with Crippen LogP contribution in [-0.2, 0) is 16.6 Å². The summed E-state index contributed by atoms with van der Waals surface area (Å²) in [6.07, 6.45) is 1.45. The Labute approximate surface area is 148 Å². The highest BCUT2D eigenvalue weighted by Crippen LogP contribution is 2.30. The molecular weight excluding hydrogens is 341 g/mol. The van der Waals surface area contributed by atoms with Gasteiger partial charge in [0.2, 0.25) is 10.0 Å². The summed E-state index contributed by atoms with van der Waals surface area (Å²) >= 11 is 0. The second-order valence-electron chi connectivity index (χ2n) is 6.94. The molecule has 2 atom stereocenters. The van der Waals surface area contributed by atoms with Gasteiger partial charge in [-0.3, -0.25) is 5.10 Å². The molecule has 7 heteroatoms. The van der Waals surface area contributed by atoms with Gasteiger partial charge < -0.3 is 0 Å². The highest BCUT2D eigenvalue weighted by molar-refractivity contribution is 7.89. The number of hydrogen-bond donors (Lipinski definition) is 1. The Morgan fingerprint density at radius 2 is 2.00 bits per heavy atom. The molecule has 0 bridgehead atoms. The lowest BCUT2D eigenvalue weighted by molar-refractivity contribution is 0.281. The minimum atomic E-state index is -3.38. The van der Waals surface area contributed by atoms with E-state index in [-0.39, 0.29) is 12.6 Å². The molecule has 0 amide bonds. The molecule has 0 radical (unpaired) electrons. The number of nitrogens with zero attached hydrogens (tertiary/aromatic N) is 2. The molecule has 2 aromatic rings. The summed E-state index contributed by atoms with van der Waals surface area (Å²) in [6.45, 7) is 7.44. The number of sulfonamides is 1. The summed E-state index contributed by atoms with van der Waals surface area (Å²) in [5, 5.41) is 6.62. The molecule has 1 N–H and O–H groups in total. The molecule has 1 unspecified atom stereocenters. The minimum Gasteiger partial charge on any atom is -0.282 e. The first-order valence-corrected chi connectivity index (χ1v) is 10.0. The molecule has 0 spiro atoms. The second-order valence-corrected chi connectivity index (χ2v) is 9.25. The number of aromatic nitrogens is 2.